The van der Waals surface area contributed by atoms with Crippen molar-refractivity contribution in [1.82, 2.24) is 35.5 Å². The van der Waals surface area contributed by atoms with Gasteiger partial charge in [-0.15, -0.1) is 0 Å². The van der Waals surface area contributed by atoms with Crippen LogP contribution >= 0.6 is 0 Å². The minimum Gasteiger partial charge on any atom is -0.497 e. The highest BCUT2D eigenvalue weighted by Crippen LogP contribution is 2.47. The molecule has 2 aliphatic carbocycles. The van der Waals surface area contributed by atoms with E-state index in [2.05, 4.69) is 30.6 Å². The third kappa shape index (κ3) is 8.61. The summed E-state index contributed by atoms with van der Waals surface area (Å²) in [6.07, 6.45) is 7.08. The number of nitrogens with one attached hydrogen (secondary N) is 4. The highest BCUT2D eigenvalue weighted by molar-refractivity contribution is 7.91. The molecule has 4 N–H and O–H groups in total. The average molecular weight is 796 g/mol. The van der Waals surface area contributed by atoms with Crippen molar-refractivity contribution in [3.63, 3.8) is 0 Å². The predicted octanol–water partition coefficient (Wildman–Crippen LogP) is 2.33. The molecule has 3 fully saturated rings. The third-order valence-corrected chi connectivity index (χ3v) is 13.5. The van der Waals surface area contributed by atoms with E-state index in [4.69, 9.17) is 9.47 Å². The Morgan fingerprint density at radius 3 is 2.50 bits per heavy atom. The molecule has 1 aromatic carbocycles. The van der Waals surface area contributed by atoms with Gasteiger partial charge in [-0.1, -0.05) is 38.8 Å². The predicted molar refractivity (Wildman–Crippen MR) is 206 cm³/mol. The Morgan fingerprint density at radius 1 is 1.07 bits per heavy atom. The zero-order valence-electron chi connectivity index (χ0n) is 32.8. The monoisotopic (exact) mass is 795 g/mol. The Hall–Kier alpha value is -4.80. The smallest absolute Gasteiger partial charge is 0.259 e. The number of benzene rings is 1. The van der Waals surface area contributed by atoms with Crippen molar-refractivity contribution in [3.05, 3.63) is 36.0 Å². The number of aromatic nitrogens is 2. The minimum atomic E-state index is -4.01. The fourth-order valence-electron chi connectivity index (χ4n) is 7.46. The van der Waals surface area contributed by atoms with Crippen LogP contribution in [0.25, 0.3) is 11.0 Å². The van der Waals surface area contributed by atoms with E-state index < -0.39 is 80.0 Å². The number of aryl methyl sites for hydroxylation is 1. The molecule has 6 atom stereocenters. The van der Waals surface area contributed by atoms with Crippen LogP contribution in [0.4, 0.5) is 0 Å². The van der Waals surface area contributed by atoms with Crippen LogP contribution in [0.1, 0.15) is 91.2 Å². The number of methoxy groups -OCH3 is 1. The molecule has 2 aromatic rings. The number of ether oxygens (including phenoxy) is 2. The Bertz CT molecular complexity index is 2040. The number of carbonyl (C=O) groups excluding carboxylic acids is 5. The summed E-state index contributed by atoms with van der Waals surface area (Å²) in [5, 5.41) is 8.42. The van der Waals surface area contributed by atoms with Crippen LogP contribution in [0.2, 0.25) is 0 Å². The van der Waals surface area contributed by atoms with E-state index in [9.17, 15) is 32.4 Å². The van der Waals surface area contributed by atoms with Gasteiger partial charge in [-0.3, -0.25) is 28.7 Å². The fraction of sp³-hybridized carbons (Fsp3) is 0.615. The summed E-state index contributed by atoms with van der Waals surface area (Å²) in [6, 6.07) is 2.17. The van der Waals surface area contributed by atoms with Gasteiger partial charge in [0.25, 0.3) is 5.91 Å². The maximum Gasteiger partial charge on any atom is 0.259 e. The van der Waals surface area contributed by atoms with Crippen molar-refractivity contribution in [1.29, 1.82) is 0 Å². The molecule has 0 radical (unpaired) electrons. The summed E-state index contributed by atoms with van der Waals surface area (Å²) in [5.74, 6) is -2.88. The Morgan fingerprint density at radius 2 is 1.82 bits per heavy atom. The van der Waals surface area contributed by atoms with E-state index in [-0.39, 0.29) is 37.6 Å². The first-order valence-corrected chi connectivity index (χ1v) is 20.9. The summed E-state index contributed by atoms with van der Waals surface area (Å²) in [7, 11) is -2.47. The number of sulfonamides is 1. The van der Waals surface area contributed by atoms with Crippen molar-refractivity contribution < 1.29 is 41.9 Å². The van der Waals surface area contributed by atoms with E-state index in [1.54, 1.807) is 53.0 Å². The van der Waals surface area contributed by atoms with Crippen molar-refractivity contribution in [2.75, 3.05) is 13.7 Å². The van der Waals surface area contributed by atoms with Gasteiger partial charge < -0.3 is 30.3 Å². The topological polar surface area (TPSA) is 215 Å². The van der Waals surface area contributed by atoms with Crippen molar-refractivity contribution >= 4 is 50.6 Å². The summed E-state index contributed by atoms with van der Waals surface area (Å²) < 4.78 is 39.3. The molecule has 6 rings (SSSR count). The zero-order valence-corrected chi connectivity index (χ0v) is 33.7. The fourth-order valence-corrected chi connectivity index (χ4v) is 8.78. The van der Waals surface area contributed by atoms with Gasteiger partial charge in [0.2, 0.25) is 39.5 Å². The van der Waals surface area contributed by atoms with Gasteiger partial charge in [0.1, 0.15) is 41.2 Å². The first-order valence-electron chi connectivity index (χ1n) is 19.4. The number of fused-ring (bicyclic) bond motifs is 3. The number of carbonyl (C=O) groups is 5. The van der Waals surface area contributed by atoms with Crippen LogP contribution < -0.4 is 30.1 Å². The first kappa shape index (κ1) is 40.9. The van der Waals surface area contributed by atoms with Gasteiger partial charge in [-0.05, 0) is 70.4 Å². The lowest BCUT2D eigenvalue weighted by atomic mass is 10.0. The lowest BCUT2D eigenvalue weighted by Gasteiger charge is -2.31. The maximum absolute atomic E-state index is 14.7. The van der Waals surface area contributed by atoms with Crippen molar-refractivity contribution in [2.24, 2.45) is 11.8 Å². The van der Waals surface area contributed by atoms with Gasteiger partial charge >= 0.3 is 0 Å². The Labute approximate surface area is 327 Å². The highest BCUT2D eigenvalue weighted by atomic mass is 32.2. The molecule has 304 valence electrons. The second-order valence-electron chi connectivity index (χ2n) is 16.2. The summed E-state index contributed by atoms with van der Waals surface area (Å²) in [4.78, 5) is 79.3. The normalized spacial score (nSPS) is 27.4. The molecule has 56 heavy (non-hydrogen) atoms. The standard InChI is InChI=1S/C39H53N7O9S/c1-22(2)32(41-24(4)47)34(49)42-29-13-11-9-7-8-10-12-25-20-39(25,37(51)45-56(52,53)38(5)16-17-38)44-33(48)31-19-27(21-46(31)36(29)50)55-35-23(3)40-28-15-14-26(54-6)18-30(28)43-35/h10,12,14-15,18,22,25,27,29,31-32H,7-9,11,13,16-17,19-21H2,1-6H3,(H,41,47)(H,42,49)(H,44,48)(H,45,51)/b12-10-/t25-,27-,29+,31+,32+,39-/m1/s1. The van der Waals surface area contributed by atoms with Crippen LogP contribution in [0, 0.1) is 18.8 Å². The second kappa shape index (κ2) is 16.0. The second-order valence-corrected chi connectivity index (χ2v) is 18.4. The molecule has 1 aromatic heterocycles. The molecule has 17 heteroatoms. The van der Waals surface area contributed by atoms with E-state index in [0.717, 1.165) is 12.8 Å². The number of allylic oxidation sites excluding steroid dienone is 1. The van der Waals surface area contributed by atoms with Crippen LogP contribution in [-0.4, -0.2) is 101 Å². The van der Waals surface area contributed by atoms with Gasteiger partial charge in [0.05, 0.1) is 29.4 Å². The molecule has 3 heterocycles. The average Bonchev–Trinajstić information content (AvgIpc) is 4.02. The first-order chi connectivity index (χ1) is 26.5. The molecule has 5 amide bonds. The molecule has 0 bridgehead atoms. The zero-order chi connectivity index (χ0) is 40.6. The Kier molecular flexibility index (Phi) is 11.7. The van der Waals surface area contributed by atoms with E-state index >= 15 is 0 Å². The SMILES string of the molecule is COc1ccc2nc(C)c(O[C@@H]3C[C@H]4C(=O)N[C@]5(C(=O)NS(=O)(=O)C6(C)CC6)C[C@H]5/C=C\CCCCC[C@H](NC(=O)[C@@H](NC(C)=O)C(C)C)C(=O)N4C3)nc2c1. The summed E-state index contributed by atoms with van der Waals surface area (Å²) in [6.45, 7) is 8.15. The number of nitrogens with zero attached hydrogens (tertiary/aromatic N) is 3. The van der Waals surface area contributed by atoms with Gasteiger partial charge in [0.15, 0.2) is 0 Å². The van der Waals surface area contributed by atoms with Gasteiger partial charge in [0, 0.05) is 25.3 Å². The maximum atomic E-state index is 14.7. The lowest BCUT2D eigenvalue weighted by Crippen LogP contribution is -2.59. The van der Waals surface area contributed by atoms with Crippen molar-refractivity contribution in [2.45, 2.75) is 127 Å². The molecule has 16 nitrogen and oxygen atoms in total. The molecule has 2 aliphatic heterocycles. The van der Waals surface area contributed by atoms with Crippen LogP contribution in [0.15, 0.2) is 30.4 Å². The van der Waals surface area contributed by atoms with Crippen LogP contribution in [-0.2, 0) is 34.0 Å². The van der Waals surface area contributed by atoms with Gasteiger partial charge in [-0.25, -0.2) is 18.4 Å². The Balaban J connectivity index is 1.32. The molecule has 4 aliphatic rings. The highest BCUT2D eigenvalue weighted by Gasteiger charge is 2.63. The molecular weight excluding hydrogens is 743 g/mol. The number of hydrogen-bond donors (Lipinski definition) is 4. The third-order valence-electron chi connectivity index (χ3n) is 11.4. The molecule has 2 saturated carbocycles. The number of hydrogen-bond acceptors (Lipinski definition) is 11. The minimum absolute atomic E-state index is 0.00456. The summed E-state index contributed by atoms with van der Waals surface area (Å²) >= 11 is 0. The van der Waals surface area contributed by atoms with E-state index in [1.165, 1.54) is 11.8 Å². The number of rotatable bonds is 10. The van der Waals surface area contributed by atoms with Crippen molar-refractivity contribution in [3.8, 4) is 11.6 Å². The molecular formula is C39H53N7O9S. The van der Waals surface area contributed by atoms with Crippen LogP contribution in [0.5, 0.6) is 11.6 Å². The van der Waals surface area contributed by atoms with E-state index in [1.807, 2.05) is 12.2 Å². The van der Waals surface area contributed by atoms with Gasteiger partial charge in [-0.2, -0.15) is 0 Å². The quantitative estimate of drug-likeness (QED) is 0.256. The lowest BCUT2D eigenvalue weighted by molar-refractivity contribution is -0.143. The number of amides is 5. The summed E-state index contributed by atoms with van der Waals surface area (Å²) in [5.41, 5.74) is 0.0788. The van der Waals surface area contributed by atoms with E-state index in [0.29, 0.717) is 48.2 Å². The largest absolute Gasteiger partial charge is 0.497 e. The molecule has 1 saturated heterocycles. The van der Waals surface area contributed by atoms with Crippen LogP contribution in [0.3, 0.4) is 0 Å². The molecule has 0 spiro atoms. The molecule has 0 unspecified atom stereocenters.